The van der Waals surface area contributed by atoms with E-state index < -0.39 is 0 Å². The molecule has 0 unspecified atom stereocenters. The van der Waals surface area contributed by atoms with Gasteiger partial charge in [0.25, 0.3) is 0 Å². The first-order chi connectivity index (χ1) is 9.03. The summed E-state index contributed by atoms with van der Waals surface area (Å²) in [6.07, 6.45) is 1.85. The number of nitrogens with zero attached hydrogens (tertiary/aromatic N) is 1. The van der Waals surface area contributed by atoms with Crippen molar-refractivity contribution in [3.8, 4) is 5.75 Å². The van der Waals surface area contributed by atoms with Crippen LogP contribution in [0.15, 0.2) is 36.5 Å². The van der Waals surface area contributed by atoms with E-state index in [0.29, 0.717) is 6.61 Å². The van der Waals surface area contributed by atoms with E-state index in [1.165, 1.54) is 0 Å². The highest BCUT2D eigenvalue weighted by Crippen LogP contribution is 2.10. The number of hydrogen-bond acceptors (Lipinski definition) is 3. The standard InChI is InChI=1S/C15H21N3O/c1-15(2,3)17-10-12-9-16-14(18-12)11-19-13-7-5-4-6-8-13/h4-9,17H,10-11H2,1-3H3,(H,16,18). The normalized spacial score (nSPS) is 11.5. The van der Waals surface area contributed by atoms with Gasteiger partial charge in [-0.3, -0.25) is 0 Å². The third-order valence-corrected chi connectivity index (χ3v) is 2.61. The smallest absolute Gasteiger partial charge is 0.146 e. The van der Waals surface area contributed by atoms with Gasteiger partial charge in [-0.15, -0.1) is 0 Å². The molecule has 4 heteroatoms. The molecule has 0 aliphatic heterocycles. The predicted molar refractivity (Wildman–Crippen MR) is 76.0 cm³/mol. The van der Waals surface area contributed by atoms with Crippen LogP contribution in [0.1, 0.15) is 32.3 Å². The Kier molecular flexibility index (Phi) is 4.22. The van der Waals surface area contributed by atoms with Gasteiger partial charge in [-0.05, 0) is 32.9 Å². The monoisotopic (exact) mass is 259 g/mol. The molecule has 0 bridgehead atoms. The fourth-order valence-electron chi connectivity index (χ4n) is 1.60. The Morgan fingerprint density at radius 3 is 2.63 bits per heavy atom. The minimum absolute atomic E-state index is 0.103. The molecule has 0 aliphatic rings. The highest BCUT2D eigenvalue weighted by atomic mass is 16.5. The Morgan fingerprint density at radius 1 is 1.21 bits per heavy atom. The Bertz CT molecular complexity index is 500. The largest absolute Gasteiger partial charge is 0.486 e. The molecule has 0 aliphatic carbocycles. The molecule has 0 radical (unpaired) electrons. The van der Waals surface area contributed by atoms with Crippen LogP contribution < -0.4 is 10.1 Å². The van der Waals surface area contributed by atoms with Crippen LogP contribution in [0.2, 0.25) is 0 Å². The highest BCUT2D eigenvalue weighted by Gasteiger charge is 2.09. The number of H-pyrrole nitrogens is 1. The first-order valence-electron chi connectivity index (χ1n) is 6.48. The van der Waals surface area contributed by atoms with Gasteiger partial charge >= 0.3 is 0 Å². The van der Waals surface area contributed by atoms with Gasteiger partial charge < -0.3 is 15.0 Å². The number of ether oxygens (including phenoxy) is 1. The summed E-state index contributed by atoms with van der Waals surface area (Å²) in [5, 5.41) is 3.41. The van der Waals surface area contributed by atoms with Crippen LogP contribution in [0.3, 0.4) is 0 Å². The molecule has 2 rings (SSSR count). The van der Waals surface area contributed by atoms with E-state index in [-0.39, 0.29) is 5.54 Å². The van der Waals surface area contributed by atoms with Gasteiger partial charge in [0.2, 0.25) is 0 Å². The second kappa shape index (κ2) is 5.89. The molecule has 2 aromatic rings. The fraction of sp³-hybridized carbons (Fsp3) is 0.400. The molecule has 1 heterocycles. The lowest BCUT2D eigenvalue weighted by Gasteiger charge is -2.19. The van der Waals surface area contributed by atoms with Crippen LogP contribution >= 0.6 is 0 Å². The zero-order chi connectivity index (χ0) is 13.7. The predicted octanol–water partition coefficient (Wildman–Crippen LogP) is 2.88. The highest BCUT2D eigenvalue weighted by molar-refractivity contribution is 5.21. The first kappa shape index (κ1) is 13.6. The van der Waals surface area contributed by atoms with Crippen molar-refractivity contribution in [3.63, 3.8) is 0 Å². The van der Waals surface area contributed by atoms with Gasteiger partial charge in [-0.1, -0.05) is 18.2 Å². The zero-order valence-electron chi connectivity index (χ0n) is 11.7. The van der Waals surface area contributed by atoms with Crippen molar-refractivity contribution in [2.75, 3.05) is 0 Å². The van der Waals surface area contributed by atoms with Gasteiger partial charge in [0.1, 0.15) is 18.2 Å². The molecule has 4 nitrogen and oxygen atoms in total. The zero-order valence-corrected chi connectivity index (χ0v) is 11.7. The topological polar surface area (TPSA) is 49.9 Å². The summed E-state index contributed by atoms with van der Waals surface area (Å²) in [5.41, 5.74) is 1.17. The molecule has 0 saturated heterocycles. The number of rotatable bonds is 5. The molecule has 0 spiro atoms. The number of hydrogen-bond donors (Lipinski definition) is 2. The van der Waals surface area contributed by atoms with Crippen molar-refractivity contribution < 1.29 is 4.74 Å². The summed E-state index contributed by atoms with van der Waals surface area (Å²) >= 11 is 0. The maximum absolute atomic E-state index is 5.64. The summed E-state index contributed by atoms with van der Waals surface area (Å²) < 4.78 is 5.64. The van der Waals surface area contributed by atoms with E-state index in [4.69, 9.17) is 4.74 Å². The Labute approximate surface area is 114 Å². The van der Waals surface area contributed by atoms with Crippen molar-refractivity contribution >= 4 is 0 Å². The number of aromatic amines is 1. The Morgan fingerprint density at radius 2 is 1.95 bits per heavy atom. The Balaban J connectivity index is 1.84. The van der Waals surface area contributed by atoms with Gasteiger partial charge in [-0.2, -0.15) is 0 Å². The van der Waals surface area contributed by atoms with Crippen molar-refractivity contribution in [1.29, 1.82) is 0 Å². The second-order valence-corrected chi connectivity index (χ2v) is 5.56. The van der Waals surface area contributed by atoms with Crippen LogP contribution in [0.5, 0.6) is 5.75 Å². The minimum Gasteiger partial charge on any atom is -0.486 e. The van der Waals surface area contributed by atoms with Gasteiger partial charge in [0.05, 0.1) is 0 Å². The van der Waals surface area contributed by atoms with E-state index in [9.17, 15) is 0 Å². The third-order valence-electron chi connectivity index (χ3n) is 2.61. The van der Waals surface area contributed by atoms with E-state index >= 15 is 0 Å². The number of benzene rings is 1. The van der Waals surface area contributed by atoms with Crippen molar-refractivity contribution in [1.82, 2.24) is 15.3 Å². The molecule has 0 atom stereocenters. The average molecular weight is 259 g/mol. The van der Waals surface area contributed by atoms with Crippen LogP contribution in [0, 0.1) is 0 Å². The maximum Gasteiger partial charge on any atom is 0.146 e. The van der Waals surface area contributed by atoms with E-state index in [0.717, 1.165) is 23.8 Å². The summed E-state index contributed by atoms with van der Waals surface area (Å²) in [7, 11) is 0. The molecule has 0 saturated carbocycles. The van der Waals surface area contributed by atoms with Crippen LogP contribution in [-0.2, 0) is 13.2 Å². The molecule has 2 N–H and O–H groups in total. The summed E-state index contributed by atoms with van der Waals surface area (Å²) in [6.45, 7) is 7.66. The molecule has 1 aromatic carbocycles. The molecule has 0 amide bonds. The van der Waals surface area contributed by atoms with E-state index in [2.05, 4.69) is 36.1 Å². The third kappa shape index (κ3) is 4.75. The summed E-state index contributed by atoms with van der Waals surface area (Å²) in [5.74, 6) is 1.70. The lowest BCUT2D eigenvalue weighted by molar-refractivity contribution is 0.297. The lowest BCUT2D eigenvalue weighted by atomic mass is 10.1. The number of nitrogens with one attached hydrogen (secondary N) is 2. The first-order valence-corrected chi connectivity index (χ1v) is 6.48. The molecule has 0 fully saturated rings. The quantitative estimate of drug-likeness (QED) is 0.868. The van der Waals surface area contributed by atoms with Gasteiger partial charge in [0.15, 0.2) is 0 Å². The van der Waals surface area contributed by atoms with Crippen LogP contribution in [-0.4, -0.2) is 15.5 Å². The van der Waals surface area contributed by atoms with Crippen LogP contribution in [0.25, 0.3) is 0 Å². The van der Waals surface area contributed by atoms with Crippen molar-refractivity contribution in [2.24, 2.45) is 0 Å². The lowest BCUT2D eigenvalue weighted by Crippen LogP contribution is -2.35. The second-order valence-electron chi connectivity index (χ2n) is 5.56. The summed E-state index contributed by atoms with van der Waals surface area (Å²) in [4.78, 5) is 7.57. The van der Waals surface area contributed by atoms with Crippen molar-refractivity contribution in [3.05, 3.63) is 48.0 Å². The fourth-order valence-corrected chi connectivity index (χ4v) is 1.60. The Hall–Kier alpha value is -1.81. The molecular formula is C15H21N3O. The van der Waals surface area contributed by atoms with Gasteiger partial charge in [0, 0.05) is 24.0 Å². The molecule has 19 heavy (non-hydrogen) atoms. The number of imidazole rings is 1. The number of aromatic nitrogens is 2. The van der Waals surface area contributed by atoms with E-state index in [1.54, 1.807) is 0 Å². The minimum atomic E-state index is 0.103. The maximum atomic E-state index is 5.64. The SMILES string of the molecule is CC(C)(C)NCc1cnc(COc2ccccc2)[nH]1. The average Bonchev–Trinajstić information content (AvgIpc) is 2.82. The molecular weight excluding hydrogens is 238 g/mol. The molecule has 102 valence electrons. The van der Waals surface area contributed by atoms with E-state index in [1.807, 2.05) is 36.5 Å². The summed E-state index contributed by atoms with van der Waals surface area (Å²) in [6, 6.07) is 9.75. The van der Waals surface area contributed by atoms with Crippen molar-refractivity contribution in [2.45, 2.75) is 39.5 Å². The van der Waals surface area contributed by atoms with Crippen LogP contribution in [0.4, 0.5) is 0 Å². The molecule has 1 aromatic heterocycles. The van der Waals surface area contributed by atoms with Gasteiger partial charge in [-0.25, -0.2) is 4.98 Å². The number of para-hydroxylation sites is 1.